The molecule has 2 heterocycles. The summed E-state index contributed by atoms with van der Waals surface area (Å²) >= 11 is 0. The smallest absolute Gasteiger partial charge is 0.225 e. The molecule has 1 fully saturated rings. The number of hydrogen-bond donors (Lipinski definition) is 2. The lowest BCUT2D eigenvalue weighted by Gasteiger charge is -2.37. The molecule has 3 rings (SSSR count). The van der Waals surface area contributed by atoms with Gasteiger partial charge in [0.25, 0.3) is 0 Å². The number of nitrogens with one attached hydrogen (secondary N) is 1. The fraction of sp³-hybridized carbons (Fsp3) is 0.800. The maximum Gasteiger partial charge on any atom is 0.225 e. The van der Waals surface area contributed by atoms with Gasteiger partial charge in [-0.3, -0.25) is 4.79 Å². The van der Waals surface area contributed by atoms with Crippen molar-refractivity contribution in [3.05, 3.63) is 11.6 Å². The highest BCUT2D eigenvalue weighted by atomic mass is 35.5. The molecule has 132 valence electrons. The number of amides is 1. The lowest BCUT2D eigenvalue weighted by atomic mass is 9.74. The molecule has 3 N–H and O–H groups in total. The summed E-state index contributed by atoms with van der Waals surface area (Å²) in [7, 11) is 0. The monoisotopic (exact) mass is 363 g/mol. The maximum atomic E-state index is 12.4. The van der Waals surface area contributed by atoms with Crippen molar-refractivity contribution in [3.8, 4) is 0 Å². The molecular formula is C15H27Cl2N5O. The van der Waals surface area contributed by atoms with Crippen LogP contribution in [0.3, 0.4) is 0 Å². The van der Waals surface area contributed by atoms with E-state index in [-0.39, 0.29) is 42.2 Å². The number of nitrogens with zero attached hydrogens (tertiary/aromatic N) is 3. The summed E-state index contributed by atoms with van der Waals surface area (Å²) in [5.74, 6) is 1.89. The normalized spacial score (nSPS) is 26.4. The third-order valence-electron chi connectivity index (χ3n) is 4.93. The van der Waals surface area contributed by atoms with Gasteiger partial charge in [0.05, 0.1) is 12.5 Å². The molecule has 8 heteroatoms. The lowest BCUT2D eigenvalue weighted by Crippen LogP contribution is -2.52. The van der Waals surface area contributed by atoms with Gasteiger partial charge in [-0.15, -0.1) is 35.0 Å². The Labute approximate surface area is 149 Å². The summed E-state index contributed by atoms with van der Waals surface area (Å²) in [4.78, 5) is 12.4. The molecule has 23 heavy (non-hydrogen) atoms. The Morgan fingerprint density at radius 2 is 2.09 bits per heavy atom. The van der Waals surface area contributed by atoms with Crippen molar-refractivity contribution >= 4 is 30.7 Å². The van der Waals surface area contributed by atoms with E-state index in [0.717, 1.165) is 56.7 Å². The average molecular weight is 364 g/mol. The quantitative estimate of drug-likeness (QED) is 0.859. The number of hydrogen-bond acceptors (Lipinski definition) is 4. The van der Waals surface area contributed by atoms with Crippen LogP contribution in [0, 0.1) is 5.92 Å². The number of halogens is 2. The first-order valence-corrected chi connectivity index (χ1v) is 8.05. The molecule has 1 aromatic heterocycles. The number of aromatic nitrogens is 3. The number of rotatable bonds is 3. The summed E-state index contributed by atoms with van der Waals surface area (Å²) in [5, 5.41) is 11.4. The molecule has 1 amide bonds. The third kappa shape index (κ3) is 4.37. The van der Waals surface area contributed by atoms with Crippen LogP contribution >= 0.6 is 24.8 Å². The standard InChI is InChI=1S/C15H25N5O.2ClH/c1-15(16)8-4-2-6-11(15)14(21)17-10-13-19-18-12-7-3-5-9-20(12)13;;/h11H,2-10,16H2,1H3,(H,17,21);2*1H. The molecule has 1 saturated carbocycles. The number of fused-ring (bicyclic) bond motifs is 1. The highest BCUT2D eigenvalue weighted by Gasteiger charge is 2.37. The van der Waals surface area contributed by atoms with Crippen LogP contribution in [-0.4, -0.2) is 26.2 Å². The zero-order chi connectivity index (χ0) is 14.9. The molecule has 0 radical (unpaired) electrons. The Hall–Kier alpha value is -0.850. The molecule has 0 aromatic carbocycles. The second kappa shape index (κ2) is 8.31. The number of nitrogens with two attached hydrogens (primary N) is 1. The molecule has 1 aliphatic heterocycles. The van der Waals surface area contributed by atoms with Crippen molar-refractivity contribution < 1.29 is 4.79 Å². The van der Waals surface area contributed by atoms with Crippen molar-refractivity contribution in [2.45, 2.75) is 70.5 Å². The molecule has 0 bridgehead atoms. The van der Waals surface area contributed by atoms with E-state index in [2.05, 4.69) is 20.1 Å². The van der Waals surface area contributed by atoms with Crippen LogP contribution < -0.4 is 11.1 Å². The van der Waals surface area contributed by atoms with Crippen LogP contribution in [-0.2, 0) is 24.3 Å². The van der Waals surface area contributed by atoms with Crippen molar-refractivity contribution in [1.82, 2.24) is 20.1 Å². The molecule has 6 nitrogen and oxygen atoms in total. The van der Waals surface area contributed by atoms with E-state index >= 15 is 0 Å². The van der Waals surface area contributed by atoms with E-state index in [0.29, 0.717) is 6.54 Å². The van der Waals surface area contributed by atoms with E-state index < -0.39 is 0 Å². The summed E-state index contributed by atoms with van der Waals surface area (Å²) in [5.41, 5.74) is 5.91. The molecule has 1 aromatic rings. The predicted octanol–water partition coefficient (Wildman–Crippen LogP) is 1.98. The zero-order valence-electron chi connectivity index (χ0n) is 13.6. The van der Waals surface area contributed by atoms with Crippen molar-refractivity contribution in [1.29, 1.82) is 0 Å². The predicted molar refractivity (Wildman–Crippen MR) is 93.9 cm³/mol. The van der Waals surface area contributed by atoms with Gasteiger partial charge in [-0.2, -0.15) is 0 Å². The van der Waals surface area contributed by atoms with Crippen LogP contribution in [0.5, 0.6) is 0 Å². The van der Waals surface area contributed by atoms with E-state index in [1.54, 1.807) is 0 Å². The van der Waals surface area contributed by atoms with Crippen LogP contribution in [0.4, 0.5) is 0 Å². The van der Waals surface area contributed by atoms with Crippen molar-refractivity contribution in [2.75, 3.05) is 0 Å². The first-order valence-electron chi connectivity index (χ1n) is 8.05. The Kier molecular flexibility index (Phi) is 7.29. The molecular weight excluding hydrogens is 337 g/mol. The van der Waals surface area contributed by atoms with Crippen LogP contribution in [0.15, 0.2) is 0 Å². The molecule has 0 saturated heterocycles. The zero-order valence-corrected chi connectivity index (χ0v) is 15.2. The van der Waals surface area contributed by atoms with Gasteiger partial charge in [-0.1, -0.05) is 12.8 Å². The molecule has 2 atom stereocenters. The fourth-order valence-electron chi connectivity index (χ4n) is 3.58. The lowest BCUT2D eigenvalue weighted by molar-refractivity contribution is -0.128. The summed E-state index contributed by atoms with van der Waals surface area (Å²) in [6.07, 6.45) is 7.35. The minimum absolute atomic E-state index is 0. The Bertz CT molecular complexity index is 532. The van der Waals surface area contributed by atoms with Crippen LogP contribution in [0.2, 0.25) is 0 Å². The first-order chi connectivity index (χ1) is 10.1. The van der Waals surface area contributed by atoms with Crippen molar-refractivity contribution in [3.63, 3.8) is 0 Å². The Balaban J connectivity index is 0.00000132. The van der Waals surface area contributed by atoms with Gasteiger partial charge < -0.3 is 15.6 Å². The van der Waals surface area contributed by atoms with Crippen LogP contribution in [0.25, 0.3) is 0 Å². The van der Waals surface area contributed by atoms with Crippen molar-refractivity contribution in [2.24, 2.45) is 11.7 Å². The number of aryl methyl sites for hydroxylation is 1. The highest BCUT2D eigenvalue weighted by Crippen LogP contribution is 2.31. The van der Waals surface area contributed by atoms with E-state index in [1.165, 1.54) is 6.42 Å². The van der Waals surface area contributed by atoms with Gasteiger partial charge in [0.2, 0.25) is 5.91 Å². The summed E-state index contributed by atoms with van der Waals surface area (Å²) < 4.78 is 2.15. The first kappa shape index (κ1) is 20.2. The second-order valence-corrected chi connectivity index (χ2v) is 6.66. The molecule has 2 unspecified atom stereocenters. The second-order valence-electron chi connectivity index (χ2n) is 6.66. The van der Waals surface area contributed by atoms with E-state index in [9.17, 15) is 4.79 Å². The average Bonchev–Trinajstić information content (AvgIpc) is 2.87. The van der Waals surface area contributed by atoms with Crippen LogP contribution in [0.1, 0.15) is 57.1 Å². The minimum Gasteiger partial charge on any atom is -0.348 e. The van der Waals surface area contributed by atoms with Gasteiger partial charge in [-0.05, 0) is 32.6 Å². The number of carbonyl (C=O) groups is 1. The van der Waals surface area contributed by atoms with Gasteiger partial charge in [-0.25, -0.2) is 0 Å². The molecule has 2 aliphatic rings. The molecule has 1 aliphatic carbocycles. The van der Waals surface area contributed by atoms with Gasteiger partial charge in [0.15, 0.2) is 5.82 Å². The fourth-order valence-corrected chi connectivity index (χ4v) is 3.58. The third-order valence-corrected chi connectivity index (χ3v) is 4.93. The van der Waals surface area contributed by atoms with Gasteiger partial charge in [0.1, 0.15) is 5.82 Å². The highest BCUT2D eigenvalue weighted by molar-refractivity contribution is 5.85. The topological polar surface area (TPSA) is 85.8 Å². The van der Waals surface area contributed by atoms with E-state index in [4.69, 9.17) is 5.73 Å². The van der Waals surface area contributed by atoms with E-state index in [1.807, 2.05) is 6.92 Å². The minimum atomic E-state index is -0.382. The summed E-state index contributed by atoms with van der Waals surface area (Å²) in [6, 6.07) is 0. The van der Waals surface area contributed by atoms with Gasteiger partial charge >= 0.3 is 0 Å². The SMILES string of the molecule is CC1(N)CCCCC1C(=O)NCc1nnc2n1CCCC2.Cl.Cl. The largest absolute Gasteiger partial charge is 0.348 e. The van der Waals surface area contributed by atoms with Gasteiger partial charge in [0, 0.05) is 18.5 Å². The summed E-state index contributed by atoms with van der Waals surface area (Å²) in [6.45, 7) is 3.42. The Morgan fingerprint density at radius 1 is 1.30 bits per heavy atom. The molecule has 0 spiro atoms. The number of carbonyl (C=O) groups excluding carboxylic acids is 1. The maximum absolute atomic E-state index is 12.4. The Morgan fingerprint density at radius 3 is 2.83 bits per heavy atom.